The van der Waals surface area contributed by atoms with Crippen molar-refractivity contribution in [3.05, 3.63) is 35.4 Å². The fourth-order valence-electron chi connectivity index (χ4n) is 6.46. The molecule has 1 aromatic rings. The lowest BCUT2D eigenvalue weighted by molar-refractivity contribution is -0.131. The van der Waals surface area contributed by atoms with Crippen LogP contribution >= 0.6 is 0 Å². The molecule has 1 aliphatic heterocycles. The van der Waals surface area contributed by atoms with E-state index < -0.39 is 0 Å². The van der Waals surface area contributed by atoms with E-state index in [0.29, 0.717) is 17.6 Å². The van der Waals surface area contributed by atoms with Crippen molar-refractivity contribution in [2.24, 2.45) is 23.2 Å². The number of nitrogens with one attached hydrogen (secondary N) is 1. The van der Waals surface area contributed by atoms with E-state index in [4.69, 9.17) is 4.74 Å². The summed E-state index contributed by atoms with van der Waals surface area (Å²) >= 11 is 0. The first kappa shape index (κ1) is 19.5. The highest BCUT2D eigenvalue weighted by Gasteiger charge is 2.48. The number of ketones is 1. The highest BCUT2D eigenvalue weighted by molar-refractivity contribution is 6.01. The van der Waals surface area contributed by atoms with E-state index in [2.05, 4.69) is 45.1 Å². The largest absolute Gasteiger partial charge is 0.497 e. The molecule has 1 aromatic carbocycles. The predicted octanol–water partition coefficient (Wildman–Crippen LogP) is 5.38. The summed E-state index contributed by atoms with van der Waals surface area (Å²) in [6.45, 7) is 9.07. The average molecular weight is 382 g/mol. The predicted molar refractivity (Wildman–Crippen MR) is 114 cm³/mol. The molecule has 0 amide bonds. The Hall–Kier alpha value is -1.77. The van der Waals surface area contributed by atoms with E-state index in [1.165, 1.54) is 18.4 Å². The summed E-state index contributed by atoms with van der Waals surface area (Å²) in [5.41, 5.74) is 3.16. The van der Waals surface area contributed by atoms with Gasteiger partial charge in [0.15, 0.2) is 5.78 Å². The Kier molecular flexibility index (Phi) is 4.84. The maximum absolute atomic E-state index is 13.7. The third kappa shape index (κ3) is 3.60. The van der Waals surface area contributed by atoms with Crippen LogP contribution in [0.1, 0.15) is 70.9 Å². The van der Waals surface area contributed by atoms with Crippen LogP contribution in [0.25, 0.3) is 5.70 Å². The summed E-state index contributed by atoms with van der Waals surface area (Å²) < 4.78 is 5.43. The molecule has 2 saturated carbocycles. The lowest BCUT2D eigenvalue weighted by Gasteiger charge is -2.48. The minimum absolute atomic E-state index is 0.0780. The van der Waals surface area contributed by atoms with Crippen molar-refractivity contribution in [3.8, 4) is 5.75 Å². The number of carbonyl (C=O) groups is 1. The second-order valence-electron chi connectivity index (χ2n) is 10.6. The Morgan fingerprint density at radius 1 is 1.14 bits per heavy atom. The van der Waals surface area contributed by atoms with Gasteiger partial charge in [0, 0.05) is 28.3 Å². The van der Waals surface area contributed by atoms with Crippen LogP contribution in [0, 0.1) is 23.2 Å². The SMILES string of the molecule is COc1ccc2c(c1)CC(C)(C)N/C2=C\C(=O)C12CC(C)CC(CC(C)C1)C2. The monoisotopic (exact) mass is 381 g/mol. The molecule has 2 unspecified atom stereocenters. The molecule has 0 spiro atoms. The van der Waals surface area contributed by atoms with Gasteiger partial charge in [0.2, 0.25) is 0 Å². The lowest BCUT2D eigenvalue weighted by atomic mass is 9.55. The van der Waals surface area contributed by atoms with E-state index in [9.17, 15) is 4.79 Å². The topological polar surface area (TPSA) is 38.3 Å². The van der Waals surface area contributed by atoms with Crippen molar-refractivity contribution in [1.82, 2.24) is 5.32 Å². The molecule has 0 radical (unpaired) electrons. The molecule has 0 saturated heterocycles. The summed E-state index contributed by atoms with van der Waals surface area (Å²) in [6, 6.07) is 6.22. The van der Waals surface area contributed by atoms with Gasteiger partial charge >= 0.3 is 0 Å². The van der Waals surface area contributed by atoms with Gasteiger partial charge < -0.3 is 10.1 Å². The molecule has 4 rings (SSSR count). The second kappa shape index (κ2) is 6.93. The van der Waals surface area contributed by atoms with Crippen LogP contribution in [-0.4, -0.2) is 18.4 Å². The molecule has 152 valence electrons. The van der Waals surface area contributed by atoms with Crippen molar-refractivity contribution < 1.29 is 9.53 Å². The van der Waals surface area contributed by atoms with Gasteiger partial charge in [-0.2, -0.15) is 0 Å². The molecule has 3 nitrogen and oxygen atoms in total. The molecular formula is C25H35NO2. The molecule has 3 heteroatoms. The smallest absolute Gasteiger partial charge is 0.163 e. The molecule has 1 heterocycles. The zero-order valence-corrected chi connectivity index (χ0v) is 18.1. The molecule has 2 aliphatic carbocycles. The number of benzene rings is 1. The fourth-order valence-corrected chi connectivity index (χ4v) is 6.46. The number of hydrogen-bond acceptors (Lipinski definition) is 3. The third-order valence-corrected chi connectivity index (χ3v) is 7.14. The Morgan fingerprint density at radius 3 is 2.46 bits per heavy atom. The highest BCUT2D eigenvalue weighted by Crippen LogP contribution is 2.53. The first-order valence-electron chi connectivity index (χ1n) is 10.9. The quantitative estimate of drug-likeness (QED) is 0.714. The van der Waals surface area contributed by atoms with Gasteiger partial charge in [-0.25, -0.2) is 0 Å². The summed E-state index contributed by atoms with van der Waals surface area (Å²) in [6.07, 6.45) is 8.65. The number of ether oxygens (including phenoxy) is 1. The van der Waals surface area contributed by atoms with Crippen LogP contribution in [0.2, 0.25) is 0 Å². The number of allylic oxidation sites excluding steroid dienone is 1. The fraction of sp³-hybridized carbons (Fsp3) is 0.640. The van der Waals surface area contributed by atoms with E-state index >= 15 is 0 Å². The first-order valence-corrected chi connectivity index (χ1v) is 10.9. The Balaban J connectivity index is 1.71. The van der Waals surface area contributed by atoms with Crippen LogP contribution < -0.4 is 10.1 Å². The van der Waals surface area contributed by atoms with Gasteiger partial charge in [-0.1, -0.05) is 13.8 Å². The van der Waals surface area contributed by atoms with Gasteiger partial charge in [-0.3, -0.25) is 4.79 Å². The minimum Gasteiger partial charge on any atom is -0.497 e. The molecular weight excluding hydrogens is 346 g/mol. The summed E-state index contributed by atoms with van der Waals surface area (Å²) in [5.74, 6) is 3.26. The van der Waals surface area contributed by atoms with Gasteiger partial charge in [0.05, 0.1) is 7.11 Å². The molecule has 28 heavy (non-hydrogen) atoms. The summed E-state index contributed by atoms with van der Waals surface area (Å²) in [5, 5.41) is 3.65. The van der Waals surface area contributed by atoms with Crippen molar-refractivity contribution in [2.45, 2.75) is 71.8 Å². The lowest BCUT2D eigenvalue weighted by Crippen LogP contribution is -2.46. The Labute approximate surface area is 169 Å². The van der Waals surface area contributed by atoms with Gasteiger partial charge in [-0.05, 0) is 93.9 Å². The molecule has 2 fully saturated rings. The zero-order chi connectivity index (χ0) is 20.1. The second-order valence-corrected chi connectivity index (χ2v) is 10.6. The number of carbonyl (C=O) groups excluding carboxylic acids is 1. The number of hydrogen-bond donors (Lipinski definition) is 1. The van der Waals surface area contributed by atoms with Crippen molar-refractivity contribution in [2.75, 3.05) is 7.11 Å². The molecule has 0 aromatic heterocycles. The Bertz CT molecular complexity index is 787. The van der Waals surface area contributed by atoms with Crippen molar-refractivity contribution >= 4 is 11.5 Å². The molecule has 2 atom stereocenters. The van der Waals surface area contributed by atoms with Crippen molar-refractivity contribution in [1.29, 1.82) is 0 Å². The summed E-state index contributed by atoms with van der Waals surface area (Å²) in [7, 11) is 1.71. The highest BCUT2D eigenvalue weighted by atomic mass is 16.5. The molecule has 1 N–H and O–H groups in total. The number of rotatable bonds is 3. The number of methoxy groups -OCH3 is 1. The van der Waals surface area contributed by atoms with E-state index in [1.807, 2.05) is 12.1 Å². The minimum atomic E-state index is -0.150. The van der Waals surface area contributed by atoms with E-state index in [0.717, 1.165) is 48.6 Å². The first-order chi connectivity index (χ1) is 13.2. The summed E-state index contributed by atoms with van der Waals surface area (Å²) in [4.78, 5) is 13.7. The van der Waals surface area contributed by atoms with Crippen molar-refractivity contribution in [3.63, 3.8) is 0 Å². The standard InChI is InChI=1S/C25H35NO2/c1-16-8-18-9-17(2)13-25(12-16,14-18)23(27)11-22-21-7-6-20(28-5)10-19(21)15-24(3,4)26-22/h6-7,10-11,16-18,26H,8-9,12-15H2,1-5H3/b22-11-. The van der Waals surface area contributed by atoms with Crippen LogP contribution in [0.3, 0.4) is 0 Å². The maximum Gasteiger partial charge on any atom is 0.163 e. The van der Waals surface area contributed by atoms with E-state index in [-0.39, 0.29) is 11.0 Å². The van der Waals surface area contributed by atoms with Crippen LogP contribution in [-0.2, 0) is 11.2 Å². The van der Waals surface area contributed by atoms with Gasteiger partial charge in [0.1, 0.15) is 5.75 Å². The van der Waals surface area contributed by atoms with Crippen LogP contribution in [0.15, 0.2) is 24.3 Å². The molecule has 2 bridgehead atoms. The molecule has 3 aliphatic rings. The van der Waals surface area contributed by atoms with Gasteiger partial charge in [0.25, 0.3) is 0 Å². The Morgan fingerprint density at radius 2 is 1.82 bits per heavy atom. The van der Waals surface area contributed by atoms with Crippen LogP contribution in [0.4, 0.5) is 0 Å². The maximum atomic E-state index is 13.7. The normalized spacial score (nSPS) is 35.0. The average Bonchev–Trinajstić information content (AvgIpc) is 2.58. The van der Waals surface area contributed by atoms with E-state index in [1.54, 1.807) is 7.11 Å². The zero-order valence-electron chi connectivity index (χ0n) is 18.1. The number of fused-ring (bicyclic) bond motifs is 3. The van der Waals surface area contributed by atoms with Crippen LogP contribution in [0.5, 0.6) is 5.75 Å². The third-order valence-electron chi connectivity index (χ3n) is 7.14. The van der Waals surface area contributed by atoms with Gasteiger partial charge in [-0.15, -0.1) is 0 Å².